The summed E-state index contributed by atoms with van der Waals surface area (Å²) >= 11 is 0. The summed E-state index contributed by atoms with van der Waals surface area (Å²) in [5.41, 5.74) is 0.707. The number of carboxylic acid groups (broad SMARTS) is 1. The summed E-state index contributed by atoms with van der Waals surface area (Å²) < 4.78 is 5.76. The van der Waals surface area contributed by atoms with Crippen LogP contribution in [-0.4, -0.2) is 43.9 Å². The Morgan fingerprint density at radius 1 is 1.33 bits per heavy atom. The van der Waals surface area contributed by atoms with Crippen LogP contribution in [0.5, 0.6) is 0 Å². The molecule has 0 spiro atoms. The molecule has 2 aromatic heterocycles. The molecule has 0 radical (unpaired) electrons. The smallest absolute Gasteiger partial charge is 0.377 e. The largest absolute Gasteiger partial charge is 0.478 e. The summed E-state index contributed by atoms with van der Waals surface area (Å²) in [5.74, 6) is -1.53. The number of carbonyl (C=O) groups is 2. The fourth-order valence-corrected chi connectivity index (χ4v) is 1.63. The van der Waals surface area contributed by atoms with Crippen molar-refractivity contribution in [1.82, 2.24) is 19.7 Å². The molecule has 2 heterocycles. The van der Waals surface area contributed by atoms with Gasteiger partial charge in [-0.3, -0.25) is 0 Å². The van der Waals surface area contributed by atoms with Gasteiger partial charge in [0, 0.05) is 5.69 Å². The fourth-order valence-electron chi connectivity index (χ4n) is 1.63. The molecule has 8 nitrogen and oxygen atoms in total. The number of methoxy groups -OCH3 is 1. The van der Waals surface area contributed by atoms with Crippen LogP contribution in [0.1, 0.15) is 46.4 Å². The zero-order valence-corrected chi connectivity index (χ0v) is 11.8. The number of ether oxygens (including phenoxy) is 1. The third kappa shape index (κ3) is 3.04. The molecule has 0 saturated carbocycles. The second-order valence-corrected chi connectivity index (χ2v) is 4.60. The van der Waals surface area contributed by atoms with E-state index in [2.05, 4.69) is 19.8 Å². The number of esters is 1. The van der Waals surface area contributed by atoms with Crippen LogP contribution < -0.4 is 0 Å². The van der Waals surface area contributed by atoms with Gasteiger partial charge in [0.1, 0.15) is 6.33 Å². The molecule has 21 heavy (non-hydrogen) atoms. The number of carboxylic acids is 1. The lowest BCUT2D eigenvalue weighted by molar-refractivity contribution is 0.0586. The molecule has 0 aliphatic carbocycles. The van der Waals surface area contributed by atoms with E-state index in [1.807, 2.05) is 13.8 Å². The highest BCUT2D eigenvalue weighted by molar-refractivity contribution is 5.88. The number of aromatic carboxylic acids is 1. The van der Waals surface area contributed by atoms with Crippen LogP contribution in [0.15, 0.2) is 18.5 Å². The molecule has 0 atom stereocenters. The lowest BCUT2D eigenvalue weighted by Gasteiger charge is -2.08. The van der Waals surface area contributed by atoms with E-state index in [-0.39, 0.29) is 23.1 Å². The van der Waals surface area contributed by atoms with Gasteiger partial charge in [-0.05, 0) is 18.1 Å². The Kier molecular flexibility index (Phi) is 3.97. The van der Waals surface area contributed by atoms with E-state index < -0.39 is 11.9 Å². The van der Waals surface area contributed by atoms with Gasteiger partial charge in [-0.2, -0.15) is 0 Å². The molecule has 8 heteroatoms. The number of hydrogen-bond acceptors (Lipinski definition) is 6. The van der Waals surface area contributed by atoms with E-state index in [9.17, 15) is 9.59 Å². The van der Waals surface area contributed by atoms with Gasteiger partial charge in [0.2, 0.25) is 0 Å². The predicted molar refractivity (Wildman–Crippen MR) is 71.5 cm³/mol. The minimum Gasteiger partial charge on any atom is -0.478 e. The highest BCUT2D eigenvalue weighted by atomic mass is 16.5. The first kappa shape index (κ1) is 14.6. The second-order valence-electron chi connectivity index (χ2n) is 4.60. The van der Waals surface area contributed by atoms with Crippen molar-refractivity contribution >= 4 is 11.9 Å². The number of rotatable bonds is 4. The van der Waals surface area contributed by atoms with Crippen LogP contribution in [0.3, 0.4) is 0 Å². The van der Waals surface area contributed by atoms with Crippen LogP contribution in [0, 0.1) is 0 Å². The van der Waals surface area contributed by atoms with Crippen molar-refractivity contribution in [3.63, 3.8) is 0 Å². The first-order valence-corrected chi connectivity index (χ1v) is 6.18. The Balaban J connectivity index is 2.49. The number of carbonyl (C=O) groups excluding carboxylic acids is 1. The van der Waals surface area contributed by atoms with Gasteiger partial charge in [-0.1, -0.05) is 13.8 Å². The molecule has 0 aliphatic rings. The van der Waals surface area contributed by atoms with Crippen LogP contribution in [0.4, 0.5) is 0 Å². The summed E-state index contributed by atoms with van der Waals surface area (Å²) in [7, 11) is 1.23. The second kappa shape index (κ2) is 5.70. The zero-order chi connectivity index (χ0) is 15.6. The van der Waals surface area contributed by atoms with Crippen molar-refractivity contribution in [2.75, 3.05) is 7.11 Å². The summed E-state index contributed by atoms with van der Waals surface area (Å²) in [6.45, 7) is 3.80. The topological polar surface area (TPSA) is 107 Å². The van der Waals surface area contributed by atoms with Gasteiger partial charge >= 0.3 is 11.9 Å². The molecule has 0 bridgehead atoms. The summed E-state index contributed by atoms with van der Waals surface area (Å²) in [5, 5.41) is 13.1. The highest BCUT2D eigenvalue weighted by Crippen LogP contribution is 2.17. The van der Waals surface area contributed by atoms with Crippen LogP contribution >= 0.6 is 0 Å². The van der Waals surface area contributed by atoms with Crippen LogP contribution in [0.25, 0.3) is 5.82 Å². The van der Waals surface area contributed by atoms with E-state index in [0.717, 1.165) is 0 Å². The molecule has 2 aromatic rings. The molecule has 0 aliphatic heterocycles. The molecule has 2 rings (SSSR count). The molecule has 110 valence electrons. The molecule has 1 N–H and O–H groups in total. The van der Waals surface area contributed by atoms with Gasteiger partial charge in [0.25, 0.3) is 5.82 Å². The van der Waals surface area contributed by atoms with Gasteiger partial charge in [-0.25, -0.2) is 24.2 Å². The molecule has 0 fully saturated rings. The Bertz CT molecular complexity index is 693. The minimum atomic E-state index is -1.06. The monoisotopic (exact) mass is 290 g/mol. The van der Waals surface area contributed by atoms with Crippen molar-refractivity contribution in [2.45, 2.75) is 19.8 Å². The summed E-state index contributed by atoms with van der Waals surface area (Å²) in [6.07, 6.45) is 1.28. The molecule has 0 saturated heterocycles. The highest BCUT2D eigenvalue weighted by Gasteiger charge is 2.15. The Morgan fingerprint density at radius 2 is 2.05 bits per heavy atom. The van der Waals surface area contributed by atoms with Gasteiger partial charge in [0.15, 0.2) is 5.82 Å². The van der Waals surface area contributed by atoms with Crippen LogP contribution in [0.2, 0.25) is 0 Å². The lowest BCUT2D eigenvalue weighted by atomic mass is 10.1. The number of aromatic nitrogens is 4. The van der Waals surface area contributed by atoms with Gasteiger partial charge in [0.05, 0.1) is 12.7 Å². The Morgan fingerprint density at radius 3 is 2.62 bits per heavy atom. The molecule has 0 unspecified atom stereocenters. The zero-order valence-electron chi connectivity index (χ0n) is 11.8. The fraction of sp³-hybridized carbons (Fsp3) is 0.308. The first-order valence-electron chi connectivity index (χ1n) is 6.18. The number of nitrogens with zero attached hydrogens (tertiary/aromatic N) is 4. The Hall–Kier alpha value is -2.77. The molecular weight excluding hydrogens is 276 g/mol. The average molecular weight is 290 g/mol. The Labute approximate surface area is 120 Å². The first-order chi connectivity index (χ1) is 9.92. The maximum absolute atomic E-state index is 11.3. The number of pyridine rings is 1. The van der Waals surface area contributed by atoms with Crippen molar-refractivity contribution in [2.24, 2.45) is 0 Å². The van der Waals surface area contributed by atoms with Crippen molar-refractivity contribution in [1.29, 1.82) is 0 Å². The van der Waals surface area contributed by atoms with E-state index in [4.69, 9.17) is 5.11 Å². The summed E-state index contributed by atoms with van der Waals surface area (Å²) in [4.78, 5) is 30.6. The van der Waals surface area contributed by atoms with Gasteiger partial charge < -0.3 is 9.84 Å². The predicted octanol–water partition coefficient (Wildman–Crippen LogP) is 1.27. The van der Waals surface area contributed by atoms with E-state index in [1.165, 1.54) is 30.3 Å². The molecule has 0 amide bonds. The van der Waals surface area contributed by atoms with Crippen LogP contribution in [-0.2, 0) is 4.74 Å². The maximum atomic E-state index is 11.3. The third-order valence-electron chi connectivity index (χ3n) is 2.76. The SMILES string of the molecule is COC(=O)c1ncn(-c2cc(C(=O)O)cc(C(C)C)n2)n1. The lowest BCUT2D eigenvalue weighted by Crippen LogP contribution is -2.09. The van der Waals surface area contributed by atoms with E-state index >= 15 is 0 Å². The van der Waals surface area contributed by atoms with Crippen molar-refractivity contribution in [3.05, 3.63) is 35.5 Å². The standard InChI is InChI=1S/C13H14N4O4/c1-7(2)9-4-8(12(18)19)5-10(15-9)17-6-14-11(16-17)13(20)21-3/h4-7H,1-3H3,(H,18,19). The molecule has 0 aromatic carbocycles. The minimum absolute atomic E-state index is 0.0478. The van der Waals surface area contributed by atoms with Crippen molar-refractivity contribution < 1.29 is 19.4 Å². The van der Waals surface area contributed by atoms with E-state index in [1.54, 1.807) is 0 Å². The van der Waals surface area contributed by atoms with Crippen molar-refractivity contribution in [3.8, 4) is 5.82 Å². The normalized spacial score (nSPS) is 10.7. The third-order valence-corrected chi connectivity index (χ3v) is 2.76. The number of hydrogen-bond donors (Lipinski definition) is 1. The molecular formula is C13H14N4O4. The van der Waals surface area contributed by atoms with Gasteiger partial charge in [-0.15, -0.1) is 5.10 Å². The van der Waals surface area contributed by atoms with E-state index in [0.29, 0.717) is 5.69 Å². The quantitative estimate of drug-likeness (QED) is 0.845. The average Bonchev–Trinajstić information content (AvgIpc) is 2.95. The summed E-state index contributed by atoms with van der Waals surface area (Å²) in [6, 6.07) is 2.87. The maximum Gasteiger partial charge on any atom is 0.377 e.